The number of benzene rings is 1. The van der Waals surface area contributed by atoms with Crippen molar-refractivity contribution in [2.75, 3.05) is 5.73 Å². The van der Waals surface area contributed by atoms with Crippen LogP contribution in [0.2, 0.25) is 0 Å². The second kappa shape index (κ2) is 5.86. The van der Waals surface area contributed by atoms with Crippen LogP contribution in [0.4, 0.5) is 5.95 Å². The van der Waals surface area contributed by atoms with Gasteiger partial charge in [0, 0.05) is 6.54 Å². The average Bonchev–Trinajstić information content (AvgIpc) is 2.66. The van der Waals surface area contributed by atoms with Crippen LogP contribution in [0.15, 0.2) is 18.2 Å². The van der Waals surface area contributed by atoms with E-state index < -0.39 is 0 Å². The highest BCUT2D eigenvalue weighted by Gasteiger charge is 2.21. The average molecular weight is 273 g/mol. The normalized spacial score (nSPS) is 12.2. The maximum atomic E-state index is 6.12. The van der Waals surface area contributed by atoms with Crippen LogP contribution < -0.4 is 5.73 Å². The molecule has 0 spiro atoms. The summed E-state index contributed by atoms with van der Waals surface area (Å²) in [5, 5.41) is 0. The fourth-order valence-electron chi connectivity index (χ4n) is 2.78. The van der Waals surface area contributed by atoms with E-state index in [0.29, 0.717) is 5.95 Å². The summed E-state index contributed by atoms with van der Waals surface area (Å²) < 4.78 is 2.17. The number of unbranched alkanes of at least 4 members (excludes halogenated alkanes) is 2. The largest absolute Gasteiger partial charge is 0.369 e. The predicted octanol–water partition coefficient (Wildman–Crippen LogP) is 4.53. The van der Waals surface area contributed by atoms with Crippen LogP contribution in [0.25, 0.3) is 11.0 Å². The zero-order valence-electron chi connectivity index (χ0n) is 13.2. The summed E-state index contributed by atoms with van der Waals surface area (Å²) in [5.41, 5.74) is 9.78. The molecule has 110 valence electrons. The highest BCUT2D eigenvalue weighted by Crippen LogP contribution is 2.29. The van der Waals surface area contributed by atoms with Crippen molar-refractivity contribution in [3.63, 3.8) is 0 Å². The summed E-state index contributed by atoms with van der Waals surface area (Å²) in [4.78, 5) is 4.48. The van der Waals surface area contributed by atoms with E-state index in [4.69, 9.17) is 5.73 Å². The summed E-state index contributed by atoms with van der Waals surface area (Å²) in [6.45, 7) is 9.94. The number of aromatic nitrogens is 2. The number of nitrogens with zero attached hydrogens (tertiary/aromatic N) is 2. The lowest BCUT2D eigenvalue weighted by molar-refractivity contribution is 0.276. The van der Waals surface area contributed by atoms with Gasteiger partial charge >= 0.3 is 0 Å². The van der Waals surface area contributed by atoms with E-state index in [1.165, 1.54) is 31.2 Å². The molecular formula is C17H27N3. The number of hydrogen-bond donors (Lipinski definition) is 1. The molecule has 0 aliphatic carbocycles. The number of aryl methyl sites for hydroxylation is 1. The number of nitrogen functional groups attached to an aromatic ring is 1. The topological polar surface area (TPSA) is 43.8 Å². The Hall–Kier alpha value is -1.51. The first kappa shape index (κ1) is 14.9. The summed E-state index contributed by atoms with van der Waals surface area (Å²) >= 11 is 0. The van der Waals surface area contributed by atoms with E-state index in [-0.39, 0.29) is 5.41 Å². The Balaban J connectivity index is 2.24. The van der Waals surface area contributed by atoms with Gasteiger partial charge in [0.1, 0.15) is 0 Å². The van der Waals surface area contributed by atoms with Gasteiger partial charge in [0.05, 0.1) is 11.0 Å². The van der Waals surface area contributed by atoms with Crippen LogP contribution in [0.3, 0.4) is 0 Å². The predicted molar refractivity (Wildman–Crippen MR) is 86.8 cm³/mol. The van der Waals surface area contributed by atoms with Gasteiger partial charge in [-0.05, 0) is 36.5 Å². The van der Waals surface area contributed by atoms with Gasteiger partial charge < -0.3 is 10.3 Å². The standard InChI is InChI=1S/C17H27N3/c1-5-6-7-10-17(3,4)12-20-15-11-13(2)8-9-14(15)19-16(20)18/h8-9,11H,5-7,10,12H2,1-4H3,(H2,18,19). The van der Waals surface area contributed by atoms with Crippen molar-refractivity contribution >= 4 is 17.0 Å². The van der Waals surface area contributed by atoms with Gasteiger partial charge in [0.25, 0.3) is 0 Å². The summed E-state index contributed by atoms with van der Waals surface area (Å²) in [6.07, 6.45) is 5.09. The number of imidazole rings is 1. The lowest BCUT2D eigenvalue weighted by Crippen LogP contribution is -2.20. The number of fused-ring (bicyclic) bond motifs is 1. The molecule has 0 unspecified atom stereocenters. The summed E-state index contributed by atoms with van der Waals surface area (Å²) in [6, 6.07) is 6.33. The van der Waals surface area contributed by atoms with Crippen molar-refractivity contribution in [2.24, 2.45) is 5.41 Å². The van der Waals surface area contributed by atoms with Crippen LogP contribution in [-0.2, 0) is 6.54 Å². The minimum atomic E-state index is 0.251. The Morgan fingerprint density at radius 1 is 1.25 bits per heavy atom. The van der Waals surface area contributed by atoms with Crippen molar-refractivity contribution in [2.45, 2.75) is 59.9 Å². The van der Waals surface area contributed by atoms with Crippen molar-refractivity contribution < 1.29 is 0 Å². The van der Waals surface area contributed by atoms with E-state index in [2.05, 4.69) is 55.4 Å². The molecule has 0 saturated carbocycles. The molecule has 0 fully saturated rings. The minimum absolute atomic E-state index is 0.251. The second-order valence-electron chi connectivity index (χ2n) is 6.67. The third kappa shape index (κ3) is 3.33. The first-order valence-corrected chi connectivity index (χ1v) is 7.65. The Kier molecular flexibility index (Phi) is 4.36. The van der Waals surface area contributed by atoms with Crippen molar-refractivity contribution in [3.8, 4) is 0 Å². The fourth-order valence-corrected chi connectivity index (χ4v) is 2.78. The molecule has 0 saturated heterocycles. The van der Waals surface area contributed by atoms with E-state index in [9.17, 15) is 0 Å². The number of rotatable bonds is 6. The Bertz CT molecular complexity index is 581. The fraction of sp³-hybridized carbons (Fsp3) is 0.588. The van der Waals surface area contributed by atoms with Crippen LogP contribution in [0.1, 0.15) is 52.0 Å². The van der Waals surface area contributed by atoms with Crippen molar-refractivity contribution in [3.05, 3.63) is 23.8 Å². The number of anilines is 1. The summed E-state index contributed by atoms with van der Waals surface area (Å²) in [5.74, 6) is 0.633. The molecule has 0 amide bonds. The molecule has 2 N–H and O–H groups in total. The van der Waals surface area contributed by atoms with Gasteiger partial charge in [-0.2, -0.15) is 0 Å². The first-order chi connectivity index (χ1) is 9.43. The lowest BCUT2D eigenvalue weighted by Gasteiger charge is -2.26. The van der Waals surface area contributed by atoms with Crippen LogP contribution in [-0.4, -0.2) is 9.55 Å². The lowest BCUT2D eigenvalue weighted by atomic mass is 9.86. The number of nitrogens with two attached hydrogens (primary N) is 1. The molecule has 2 aromatic rings. The third-order valence-electron chi connectivity index (χ3n) is 3.98. The Morgan fingerprint density at radius 3 is 2.70 bits per heavy atom. The molecule has 0 bridgehead atoms. The maximum absolute atomic E-state index is 6.12. The molecule has 1 aromatic heterocycles. The van der Waals surface area contributed by atoms with Crippen molar-refractivity contribution in [1.82, 2.24) is 9.55 Å². The molecule has 3 nitrogen and oxygen atoms in total. The molecule has 0 radical (unpaired) electrons. The van der Waals surface area contributed by atoms with Crippen molar-refractivity contribution in [1.29, 1.82) is 0 Å². The molecule has 1 heterocycles. The van der Waals surface area contributed by atoms with Gasteiger partial charge in [-0.3, -0.25) is 0 Å². The highest BCUT2D eigenvalue weighted by atomic mass is 15.2. The van der Waals surface area contributed by atoms with Crippen LogP contribution in [0.5, 0.6) is 0 Å². The zero-order valence-corrected chi connectivity index (χ0v) is 13.2. The quantitative estimate of drug-likeness (QED) is 0.786. The molecule has 0 aliphatic heterocycles. The van der Waals surface area contributed by atoms with Gasteiger partial charge in [-0.25, -0.2) is 4.98 Å². The molecule has 0 aliphatic rings. The Morgan fingerprint density at radius 2 is 2.00 bits per heavy atom. The van der Waals surface area contributed by atoms with E-state index in [1.54, 1.807) is 0 Å². The first-order valence-electron chi connectivity index (χ1n) is 7.65. The third-order valence-corrected chi connectivity index (χ3v) is 3.98. The SMILES string of the molecule is CCCCCC(C)(C)Cn1c(N)nc2ccc(C)cc21. The molecule has 1 aromatic carbocycles. The van der Waals surface area contributed by atoms with E-state index >= 15 is 0 Å². The van der Waals surface area contributed by atoms with E-state index in [1.807, 2.05) is 0 Å². The van der Waals surface area contributed by atoms with Crippen LogP contribution in [0, 0.1) is 12.3 Å². The Labute approximate surface area is 122 Å². The van der Waals surface area contributed by atoms with Gasteiger partial charge in [-0.1, -0.05) is 46.1 Å². The number of hydrogen-bond acceptors (Lipinski definition) is 2. The molecule has 0 atom stereocenters. The van der Waals surface area contributed by atoms with Gasteiger partial charge in [0.15, 0.2) is 0 Å². The van der Waals surface area contributed by atoms with Gasteiger partial charge in [-0.15, -0.1) is 0 Å². The minimum Gasteiger partial charge on any atom is -0.369 e. The molecular weight excluding hydrogens is 246 g/mol. The van der Waals surface area contributed by atoms with Crippen LogP contribution >= 0.6 is 0 Å². The molecule has 2 rings (SSSR count). The zero-order chi connectivity index (χ0) is 14.8. The maximum Gasteiger partial charge on any atom is 0.201 e. The van der Waals surface area contributed by atoms with E-state index in [0.717, 1.165) is 17.6 Å². The summed E-state index contributed by atoms with van der Waals surface area (Å²) in [7, 11) is 0. The molecule has 3 heteroatoms. The second-order valence-corrected chi connectivity index (χ2v) is 6.67. The van der Waals surface area contributed by atoms with Gasteiger partial charge in [0.2, 0.25) is 5.95 Å². The molecule has 20 heavy (non-hydrogen) atoms. The smallest absolute Gasteiger partial charge is 0.201 e. The monoisotopic (exact) mass is 273 g/mol. The highest BCUT2D eigenvalue weighted by molar-refractivity contribution is 5.79.